The predicted molar refractivity (Wildman–Crippen MR) is 90.0 cm³/mol. The number of rotatable bonds is 4. The number of hydrogen-bond donors (Lipinski definition) is 1. The van der Waals surface area contributed by atoms with Gasteiger partial charge in [-0.05, 0) is 53.6 Å². The fraction of sp³-hybridized carbons (Fsp3) is 0.333. The largest absolute Gasteiger partial charge is 0.384 e. The minimum atomic E-state index is -3.13. The van der Waals surface area contributed by atoms with Crippen LogP contribution in [0.2, 0.25) is 0 Å². The topological polar surface area (TPSA) is 46.2 Å². The minimum Gasteiger partial charge on any atom is -0.384 e. The van der Waals surface area contributed by atoms with E-state index in [1.807, 2.05) is 12.1 Å². The van der Waals surface area contributed by atoms with Crippen molar-refractivity contribution in [2.75, 3.05) is 18.1 Å². The van der Waals surface area contributed by atoms with Crippen molar-refractivity contribution in [1.82, 2.24) is 0 Å². The van der Waals surface area contributed by atoms with Gasteiger partial charge >= 0.3 is 0 Å². The molecule has 0 unspecified atom stereocenters. The van der Waals surface area contributed by atoms with Crippen LogP contribution in [-0.2, 0) is 22.7 Å². The molecule has 2 aromatic carbocycles. The lowest BCUT2D eigenvalue weighted by atomic mass is 9.87. The predicted octanol–water partition coefficient (Wildman–Crippen LogP) is 3.31. The fourth-order valence-electron chi connectivity index (χ4n) is 3.14. The molecule has 4 heteroatoms. The third-order valence-electron chi connectivity index (χ3n) is 4.35. The van der Waals surface area contributed by atoms with E-state index in [2.05, 4.69) is 36.5 Å². The molecule has 22 heavy (non-hydrogen) atoms. The lowest BCUT2D eigenvalue weighted by Crippen LogP contribution is -2.27. The first-order chi connectivity index (χ1) is 10.4. The summed E-state index contributed by atoms with van der Waals surface area (Å²) < 4.78 is 22.9. The molecule has 0 aromatic heterocycles. The van der Waals surface area contributed by atoms with Crippen LogP contribution >= 0.6 is 0 Å². The van der Waals surface area contributed by atoms with Crippen LogP contribution < -0.4 is 5.32 Å². The zero-order chi connectivity index (χ0) is 15.8. The second-order valence-corrected chi connectivity index (χ2v) is 8.60. The molecule has 116 valence electrons. The van der Waals surface area contributed by atoms with Crippen LogP contribution in [0.15, 0.2) is 53.4 Å². The second kappa shape index (κ2) is 5.43. The fourth-order valence-corrected chi connectivity index (χ4v) is 3.78. The van der Waals surface area contributed by atoms with E-state index in [-0.39, 0.29) is 5.41 Å². The number of anilines is 1. The maximum absolute atomic E-state index is 11.5. The molecule has 0 spiro atoms. The molecule has 0 radical (unpaired) electrons. The Labute approximate surface area is 132 Å². The summed E-state index contributed by atoms with van der Waals surface area (Å²) in [5, 5.41) is 3.45. The van der Waals surface area contributed by atoms with E-state index in [1.54, 1.807) is 12.1 Å². The number of hydrogen-bond acceptors (Lipinski definition) is 3. The van der Waals surface area contributed by atoms with Crippen LogP contribution in [0.4, 0.5) is 5.69 Å². The molecule has 1 aliphatic carbocycles. The van der Waals surface area contributed by atoms with E-state index in [9.17, 15) is 8.42 Å². The van der Waals surface area contributed by atoms with Gasteiger partial charge in [-0.15, -0.1) is 0 Å². The maximum atomic E-state index is 11.5. The first-order valence-electron chi connectivity index (χ1n) is 7.47. The highest BCUT2D eigenvalue weighted by molar-refractivity contribution is 7.90. The van der Waals surface area contributed by atoms with Gasteiger partial charge < -0.3 is 5.32 Å². The normalized spacial score (nSPS) is 16.3. The molecule has 0 bridgehead atoms. The maximum Gasteiger partial charge on any atom is 0.175 e. The van der Waals surface area contributed by atoms with Gasteiger partial charge in [-0.1, -0.05) is 31.2 Å². The second-order valence-electron chi connectivity index (χ2n) is 6.58. The first-order valence-corrected chi connectivity index (χ1v) is 9.36. The average Bonchev–Trinajstić information content (AvgIpc) is 2.81. The van der Waals surface area contributed by atoms with Crippen molar-refractivity contribution in [3.63, 3.8) is 0 Å². The van der Waals surface area contributed by atoms with Gasteiger partial charge in [0.1, 0.15) is 0 Å². The molecule has 0 amide bonds. The molecule has 1 N–H and O–H groups in total. The highest BCUT2D eigenvalue weighted by atomic mass is 32.2. The monoisotopic (exact) mass is 315 g/mol. The number of nitrogens with one attached hydrogen (secondary N) is 1. The summed E-state index contributed by atoms with van der Waals surface area (Å²) in [7, 11) is -3.13. The summed E-state index contributed by atoms with van der Waals surface area (Å²) >= 11 is 0. The summed E-state index contributed by atoms with van der Waals surface area (Å²) in [4.78, 5) is 0.359. The third kappa shape index (κ3) is 3.17. The van der Waals surface area contributed by atoms with E-state index < -0.39 is 9.84 Å². The van der Waals surface area contributed by atoms with Crippen LogP contribution in [0.5, 0.6) is 0 Å². The average molecular weight is 315 g/mol. The summed E-state index contributed by atoms with van der Waals surface area (Å²) in [5.41, 5.74) is 4.06. The van der Waals surface area contributed by atoms with Crippen molar-refractivity contribution in [2.45, 2.75) is 24.7 Å². The Morgan fingerprint density at radius 3 is 2.05 bits per heavy atom. The molecule has 0 aliphatic heterocycles. The molecule has 0 saturated carbocycles. The molecule has 0 heterocycles. The summed E-state index contributed by atoms with van der Waals surface area (Å²) in [6.45, 7) is 3.17. The van der Waals surface area contributed by atoms with Gasteiger partial charge in [-0.3, -0.25) is 0 Å². The van der Waals surface area contributed by atoms with Crippen LogP contribution in [0.1, 0.15) is 18.1 Å². The molecular formula is C18H21NO2S. The molecule has 3 nitrogen and oxygen atoms in total. The molecular weight excluding hydrogens is 294 g/mol. The van der Waals surface area contributed by atoms with Crippen LogP contribution in [-0.4, -0.2) is 21.2 Å². The van der Waals surface area contributed by atoms with Crippen molar-refractivity contribution in [3.05, 3.63) is 59.7 Å². The smallest absolute Gasteiger partial charge is 0.175 e. The van der Waals surface area contributed by atoms with E-state index in [0.717, 1.165) is 25.1 Å². The van der Waals surface area contributed by atoms with Crippen molar-refractivity contribution >= 4 is 15.5 Å². The van der Waals surface area contributed by atoms with Crippen molar-refractivity contribution < 1.29 is 8.42 Å². The van der Waals surface area contributed by atoms with Gasteiger partial charge in [0.15, 0.2) is 9.84 Å². The summed E-state index contributed by atoms with van der Waals surface area (Å²) in [6.07, 6.45) is 3.39. The molecule has 0 atom stereocenters. The first kappa shape index (κ1) is 15.1. The highest BCUT2D eigenvalue weighted by Gasteiger charge is 2.32. The Morgan fingerprint density at radius 1 is 1.00 bits per heavy atom. The van der Waals surface area contributed by atoms with Gasteiger partial charge in [0, 0.05) is 18.5 Å². The number of benzene rings is 2. The molecule has 0 saturated heterocycles. The Bertz CT molecular complexity index is 754. The Kier molecular flexibility index (Phi) is 3.73. The Balaban J connectivity index is 1.66. The molecule has 0 fully saturated rings. The van der Waals surface area contributed by atoms with Crippen molar-refractivity contribution in [3.8, 4) is 0 Å². The highest BCUT2D eigenvalue weighted by Crippen LogP contribution is 2.36. The van der Waals surface area contributed by atoms with E-state index in [4.69, 9.17) is 0 Å². The van der Waals surface area contributed by atoms with E-state index >= 15 is 0 Å². The van der Waals surface area contributed by atoms with Gasteiger partial charge in [0.2, 0.25) is 0 Å². The van der Waals surface area contributed by atoms with Crippen LogP contribution in [0.25, 0.3) is 0 Å². The van der Waals surface area contributed by atoms with Gasteiger partial charge in [0.25, 0.3) is 0 Å². The van der Waals surface area contributed by atoms with Gasteiger partial charge in [-0.2, -0.15) is 0 Å². The zero-order valence-electron chi connectivity index (χ0n) is 13.0. The zero-order valence-corrected chi connectivity index (χ0v) is 13.8. The van der Waals surface area contributed by atoms with Crippen LogP contribution in [0, 0.1) is 5.41 Å². The van der Waals surface area contributed by atoms with Crippen LogP contribution in [0.3, 0.4) is 0 Å². The van der Waals surface area contributed by atoms with Gasteiger partial charge in [-0.25, -0.2) is 8.42 Å². The van der Waals surface area contributed by atoms with E-state index in [0.29, 0.717) is 4.90 Å². The Hall–Kier alpha value is -1.81. The SMILES string of the molecule is CC1(CNc2ccc(S(C)(=O)=O)cc2)Cc2ccccc2C1. The van der Waals surface area contributed by atoms with Crippen molar-refractivity contribution in [1.29, 1.82) is 0 Å². The van der Waals surface area contributed by atoms with Crippen molar-refractivity contribution in [2.24, 2.45) is 5.41 Å². The summed E-state index contributed by atoms with van der Waals surface area (Å²) in [5.74, 6) is 0. The Morgan fingerprint density at radius 2 is 1.55 bits per heavy atom. The quantitative estimate of drug-likeness (QED) is 0.941. The minimum absolute atomic E-state index is 0.208. The molecule has 1 aliphatic rings. The van der Waals surface area contributed by atoms with Gasteiger partial charge in [0.05, 0.1) is 4.90 Å². The van der Waals surface area contributed by atoms with E-state index in [1.165, 1.54) is 17.4 Å². The lowest BCUT2D eigenvalue weighted by Gasteiger charge is -2.24. The molecule has 2 aromatic rings. The lowest BCUT2D eigenvalue weighted by molar-refractivity contribution is 0.371. The molecule has 3 rings (SSSR count). The third-order valence-corrected chi connectivity index (χ3v) is 5.48. The number of sulfone groups is 1. The number of fused-ring (bicyclic) bond motifs is 1. The summed E-state index contributed by atoms with van der Waals surface area (Å²) in [6, 6.07) is 15.6. The standard InChI is InChI=1S/C18H21NO2S/c1-18(11-14-5-3-4-6-15(14)12-18)13-19-16-7-9-17(10-8-16)22(2,20)21/h3-10,19H,11-13H2,1-2H3.